The van der Waals surface area contributed by atoms with Gasteiger partial charge in [-0.15, -0.1) is 0 Å². The van der Waals surface area contributed by atoms with Crippen LogP contribution < -0.4 is 5.32 Å². The number of rotatable bonds is 4. The van der Waals surface area contributed by atoms with Gasteiger partial charge in [-0.05, 0) is 25.7 Å². The summed E-state index contributed by atoms with van der Waals surface area (Å²) in [6.07, 6.45) is 3.35. The first-order chi connectivity index (χ1) is 9.06. The van der Waals surface area contributed by atoms with E-state index in [1.807, 2.05) is 6.92 Å². The highest BCUT2D eigenvalue weighted by molar-refractivity contribution is 5.77. The van der Waals surface area contributed by atoms with Gasteiger partial charge in [0.05, 0.1) is 31.2 Å². The zero-order valence-electron chi connectivity index (χ0n) is 11.4. The van der Waals surface area contributed by atoms with Crippen LogP contribution in [-0.2, 0) is 9.53 Å². The van der Waals surface area contributed by atoms with E-state index < -0.39 is 11.5 Å². The van der Waals surface area contributed by atoms with Crippen molar-refractivity contribution in [2.45, 2.75) is 50.6 Å². The Morgan fingerprint density at radius 2 is 2.21 bits per heavy atom. The minimum absolute atomic E-state index is 0.0138. The molecule has 1 heterocycles. The number of hydrogen-bond acceptors (Lipinski definition) is 3. The second kappa shape index (κ2) is 5.77. The van der Waals surface area contributed by atoms with E-state index in [2.05, 4.69) is 5.32 Å². The maximum absolute atomic E-state index is 12.3. The lowest BCUT2D eigenvalue weighted by molar-refractivity contribution is -0.139. The van der Waals surface area contributed by atoms with Crippen molar-refractivity contribution in [2.24, 2.45) is 0 Å². The molecular weight excluding hydrogens is 248 g/mol. The molecule has 19 heavy (non-hydrogen) atoms. The van der Waals surface area contributed by atoms with Gasteiger partial charge in [-0.1, -0.05) is 6.92 Å². The van der Waals surface area contributed by atoms with Crippen LogP contribution in [0.2, 0.25) is 0 Å². The number of morpholine rings is 1. The van der Waals surface area contributed by atoms with Gasteiger partial charge >= 0.3 is 12.0 Å². The summed E-state index contributed by atoms with van der Waals surface area (Å²) in [7, 11) is 0. The molecule has 0 aromatic rings. The number of urea groups is 1. The molecule has 0 spiro atoms. The number of nitrogens with zero attached hydrogens (tertiary/aromatic N) is 1. The van der Waals surface area contributed by atoms with Crippen LogP contribution in [0, 0.1) is 0 Å². The molecule has 108 valence electrons. The first kappa shape index (κ1) is 14.1. The number of aliphatic carboxylic acids is 1. The normalized spacial score (nSPS) is 25.5. The molecule has 6 nitrogen and oxygen atoms in total. The highest BCUT2D eigenvalue weighted by Gasteiger charge is 2.42. The third kappa shape index (κ3) is 3.18. The van der Waals surface area contributed by atoms with Crippen molar-refractivity contribution >= 4 is 12.0 Å². The summed E-state index contributed by atoms with van der Waals surface area (Å²) in [5, 5.41) is 11.9. The first-order valence-electron chi connectivity index (χ1n) is 6.95. The quantitative estimate of drug-likeness (QED) is 0.804. The van der Waals surface area contributed by atoms with Crippen LogP contribution in [0.5, 0.6) is 0 Å². The second-order valence-corrected chi connectivity index (χ2v) is 5.46. The van der Waals surface area contributed by atoms with Crippen LogP contribution in [0.15, 0.2) is 0 Å². The Morgan fingerprint density at radius 3 is 2.74 bits per heavy atom. The van der Waals surface area contributed by atoms with E-state index in [0.29, 0.717) is 19.8 Å². The summed E-state index contributed by atoms with van der Waals surface area (Å²) in [5.41, 5.74) is -0.528. The van der Waals surface area contributed by atoms with E-state index in [-0.39, 0.29) is 18.5 Å². The van der Waals surface area contributed by atoms with Gasteiger partial charge in [0.2, 0.25) is 0 Å². The molecule has 0 bridgehead atoms. The Hall–Kier alpha value is -1.30. The largest absolute Gasteiger partial charge is 0.481 e. The van der Waals surface area contributed by atoms with E-state index in [1.165, 1.54) is 0 Å². The molecule has 0 radical (unpaired) electrons. The van der Waals surface area contributed by atoms with Crippen molar-refractivity contribution in [1.29, 1.82) is 0 Å². The predicted molar refractivity (Wildman–Crippen MR) is 69.0 cm³/mol. The second-order valence-electron chi connectivity index (χ2n) is 5.46. The smallest absolute Gasteiger partial charge is 0.318 e. The molecule has 1 atom stereocenters. The van der Waals surface area contributed by atoms with Crippen LogP contribution in [-0.4, -0.2) is 53.3 Å². The Bertz CT molecular complexity index is 355. The third-order valence-electron chi connectivity index (χ3n) is 4.13. The van der Waals surface area contributed by atoms with Gasteiger partial charge in [0.25, 0.3) is 0 Å². The van der Waals surface area contributed by atoms with Crippen LogP contribution in [0.1, 0.15) is 39.0 Å². The van der Waals surface area contributed by atoms with Crippen LogP contribution >= 0.6 is 0 Å². The van der Waals surface area contributed by atoms with Gasteiger partial charge in [0.1, 0.15) is 0 Å². The summed E-state index contributed by atoms with van der Waals surface area (Å²) < 4.78 is 5.37. The molecule has 2 amide bonds. The van der Waals surface area contributed by atoms with Crippen molar-refractivity contribution in [1.82, 2.24) is 10.2 Å². The van der Waals surface area contributed by atoms with Gasteiger partial charge in [0, 0.05) is 6.54 Å². The number of carboxylic acid groups (broad SMARTS) is 1. The van der Waals surface area contributed by atoms with E-state index >= 15 is 0 Å². The summed E-state index contributed by atoms with van der Waals surface area (Å²) in [4.78, 5) is 25.0. The van der Waals surface area contributed by atoms with Crippen LogP contribution in [0.25, 0.3) is 0 Å². The van der Waals surface area contributed by atoms with E-state index in [0.717, 1.165) is 25.7 Å². The Balaban J connectivity index is 1.96. The van der Waals surface area contributed by atoms with Gasteiger partial charge < -0.3 is 20.1 Å². The number of ether oxygens (including phenoxy) is 1. The molecule has 1 aliphatic heterocycles. The predicted octanol–water partition coefficient (Wildman–Crippen LogP) is 1.20. The minimum Gasteiger partial charge on any atom is -0.481 e. The van der Waals surface area contributed by atoms with Crippen LogP contribution in [0.3, 0.4) is 0 Å². The molecule has 2 N–H and O–H groups in total. The number of carbonyl (C=O) groups excluding carboxylic acids is 1. The summed E-state index contributed by atoms with van der Waals surface area (Å²) in [6.45, 7) is 3.72. The maximum Gasteiger partial charge on any atom is 0.318 e. The Kier molecular flexibility index (Phi) is 4.29. The van der Waals surface area contributed by atoms with E-state index in [9.17, 15) is 9.59 Å². The van der Waals surface area contributed by atoms with Crippen molar-refractivity contribution in [3.05, 3.63) is 0 Å². The number of amides is 2. The minimum atomic E-state index is -0.853. The third-order valence-corrected chi connectivity index (χ3v) is 4.13. The molecule has 2 fully saturated rings. The molecule has 6 heteroatoms. The number of carbonyl (C=O) groups is 2. The zero-order chi connectivity index (χ0) is 13.9. The van der Waals surface area contributed by atoms with Gasteiger partial charge in [-0.25, -0.2) is 4.79 Å². The van der Waals surface area contributed by atoms with Crippen molar-refractivity contribution in [2.75, 3.05) is 19.8 Å². The highest BCUT2D eigenvalue weighted by atomic mass is 16.5. The average Bonchev–Trinajstić information content (AvgIpc) is 2.35. The standard InChI is InChI=1S/C13H22N2O4/c1-2-10-9-19-7-6-15(10)12(18)14-13(4-3-5-13)8-11(16)17/h10H,2-9H2,1H3,(H,14,18)(H,16,17). The SMILES string of the molecule is CCC1COCCN1C(=O)NC1(CC(=O)O)CCC1. The lowest BCUT2D eigenvalue weighted by Gasteiger charge is -2.44. The average molecular weight is 270 g/mol. The van der Waals surface area contributed by atoms with Crippen LogP contribution in [0.4, 0.5) is 4.79 Å². The fourth-order valence-electron chi connectivity index (χ4n) is 2.80. The van der Waals surface area contributed by atoms with Crippen molar-refractivity contribution in [3.63, 3.8) is 0 Å². The summed E-state index contributed by atoms with van der Waals surface area (Å²) >= 11 is 0. The molecule has 2 rings (SSSR count). The number of nitrogens with one attached hydrogen (secondary N) is 1. The van der Waals surface area contributed by atoms with E-state index in [1.54, 1.807) is 4.90 Å². The monoisotopic (exact) mass is 270 g/mol. The van der Waals surface area contributed by atoms with Crippen molar-refractivity contribution < 1.29 is 19.4 Å². The molecule has 0 aromatic carbocycles. The Labute approximate surface area is 113 Å². The molecule has 1 saturated heterocycles. The molecule has 0 aromatic heterocycles. The maximum atomic E-state index is 12.3. The van der Waals surface area contributed by atoms with Gasteiger partial charge in [-0.3, -0.25) is 4.79 Å². The van der Waals surface area contributed by atoms with Gasteiger partial charge in [0.15, 0.2) is 0 Å². The Morgan fingerprint density at radius 1 is 1.47 bits per heavy atom. The lowest BCUT2D eigenvalue weighted by Crippen LogP contribution is -2.61. The van der Waals surface area contributed by atoms with Crippen molar-refractivity contribution in [3.8, 4) is 0 Å². The molecule has 1 unspecified atom stereocenters. The lowest BCUT2D eigenvalue weighted by atomic mass is 9.74. The van der Waals surface area contributed by atoms with Gasteiger partial charge in [-0.2, -0.15) is 0 Å². The fourth-order valence-corrected chi connectivity index (χ4v) is 2.80. The number of carboxylic acids is 1. The fraction of sp³-hybridized carbons (Fsp3) is 0.846. The first-order valence-corrected chi connectivity index (χ1v) is 6.95. The molecule has 1 saturated carbocycles. The topological polar surface area (TPSA) is 78.9 Å². The summed E-state index contributed by atoms with van der Waals surface area (Å²) in [5.74, 6) is -0.853. The molecular formula is C13H22N2O4. The zero-order valence-corrected chi connectivity index (χ0v) is 11.4. The molecule has 1 aliphatic carbocycles. The summed E-state index contributed by atoms with van der Waals surface area (Å²) in [6, 6.07) is -0.0493. The molecule has 2 aliphatic rings. The number of hydrogen-bond donors (Lipinski definition) is 2. The highest BCUT2D eigenvalue weighted by Crippen LogP contribution is 2.35. The van der Waals surface area contributed by atoms with E-state index in [4.69, 9.17) is 9.84 Å².